The number of benzene rings is 1. The van der Waals surface area contributed by atoms with Gasteiger partial charge in [-0.1, -0.05) is 12.8 Å². The molecule has 0 saturated heterocycles. The summed E-state index contributed by atoms with van der Waals surface area (Å²) >= 11 is 0. The average molecular weight is 384 g/mol. The number of carboxylic acid groups (broad SMARTS) is 1. The van der Waals surface area contributed by atoms with Crippen molar-refractivity contribution in [2.75, 3.05) is 13.6 Å². The monoisotopic (exact) mass is 384 g/mol. The van der Waals surface area contributed by atoms with Crippen LogP contribution in [0.1, 0.15) is 56.3 Å². The van der Waals surface area contributed by atoms with Gasteiger partial charge < -0.3 is 10.4 Å². The molecule has 0 aromatic heterocycles. The maximum atomic E-state index is 12.4. The number of rotatable bonds is 11. The Morgan fingerprint density at radius 2 is 1.65 bits per heavy atom. The Balaban J connectivity index is 2.48. The van der Waals surface area contributed by atoms with Gasteiger partial charge >= 0.3 is 5.97 Å². The maximum absolute atomic E-state index is 12.4. The van der Waals surface area contributed by atoms with Crippen molar-refractivity contribution >= 4 is 21.9 Å². The first-order chi connectivity index (χ1) is 12.2. The van der Waals surface area contributed by atoms with Gasteiger partial charge in [-0.2, -0.15) is 4.31 Å². The van der Waals surface area contributed by atoms with Crippen LogP contribution in [-0.2, 0) is 14.8 Å². The summed E-state index contributed by atoms with van der Waals surface area (Å²) in [5.74, 6) is -1.04. The van der Waals surface area contributed by atoms with Crippen LogP contribution in [0, 0.1) is 0 Å². The van der Waals surface area contributed by atoms with Crippen LogP contribution in [0.5, 0.6) is 0 Å². The molecule has 0 radical (unpaired) electrons. The number of aliphatic carboxylic acids is 1. The minimum absolute atomic E-state index is 0.154. The molecule has 0 saturated carbocycles. The number of hydrogen-bond donors (Lipinski definition) is 2. The molecule has 26 heavy (non-hydrogen) atoms. The highest BCUT2D eigenvalue weighted by Crippen LogP contribution is 2.17. The van der Waals surface area contributed by atoms with Gasteiger partial charge in [-0.25, -0.2) is 8.42 Å². The number of sulfonamides is 1. The van der Waals surface area contributed by atoms with Gasteiger partial charge in [0, 0.05) is 31.6 Å². The lowest BCUT2D eigenvalue weighted by molar-refractivity contribution is -0.137. The van der Waals surface area contributed by atoms with E-state index >= 15 is 0 Å². The first-order valence-corrected chi connectivity index (χ1v) is 10.2. The van der Waals surface area contributed by atoms with E-state index < -0.39 is 16.0 Å². The first kappa shape index (κ1) is 22.1. The van der Waals surface area contributed by atoms with Crippen LogP contribution < -0.4 is 5.32 Å². The van der Waals surface area contributed by atoms with E-state index in [2.05, 4.69) is 5.32 Å². The average Bonchev–Trinajstić information content (AvgIpc) is 2.59. The molecule has 0 fully saturated rings. The van der Waals surface area contributed by atoms with Crippen LogP contribution in [0.2, 0.25) is 0 Å². The molecular formula is C18H28N2O5S. The fraction of sp³-hybridized carbons (Fsp3) is 0.556. The molecule has 0 heterocycles. The predicted molar refractivity (Wildman–Crippen MR) is 99.6 cm³/mol. The van der Waals surface area contributed by atoms with E-state index in [9.17, 15) is 18.0 Å². The van der Waals surface area contributed by atoms with E-state index in [4.69, 9.17) is 5.11 Å². The Bertz CT molecular complexity index is 699. The van der Waals surface area contributed by atoms with E-state index in [1.54, 1.807) is 13.8 Å². The zero-order valence-corrected chi connectivity index (χ0v) is 16.4. The van der Waals surface area contributed by atoms with E-state index in [1.807, 2.05) is 0 Å². The molecule has 0 spiro atoms. The summed E-state index contributed by atoms with van der Waals surface area (Å²) in [6.07, 6.45) is 3.26. The molecule has 146 valence electrons. The molecular weight excluding hydrogens is 356 g/mol. The quantitative estimate of drug-likeness (QED) is 0.571. The second kappa shape index (κ2) is 10.3. The summed E-state index contributed by atoms with van der Waals surface area (Å²) in [5, 5.41) is 11.3. The molecule has 1 amide bonds. The van der Waals surface area contributed by atoms with Crippen molar-refractivity contribution in [2.24, 2.45) is 0 Å². The zero-order chi connectivity index (χ0) is 19.7. The highest BCUT2D eigenvalue weighted by molar-refractivity contribution is 7.89. The summed E-state index contributed by atoms with van der Waals surface area (Å²) < 4.78 is 26.0. The minimum Gasteiger partial charge on any atom is -0.481 e. The number of carbonyl (C=O) groups is 2. The fourth-order valence-corrected chi connectivity index (χ4v) is 3.65. The molecule has 1 aromatic carbocycles. The van der Waals surface area contributed by atoms with Crippen molar-refractivity contribution in [3.05, 3.63) is 29.8 Å². The molecule has 0 bridgehead atoms. The first-order valence-electron chi connectivity index (χ1n) is 8.74. The number of nitrogens with zero attached hydrogens (tertiary/aromatic N) is 1. The highest BCUT2D eigenvalue weighted by atomic mass is 32.2. The van der Waals surface area contributed by atoms with Gasteiger partial charge in [-0.15, -0.1) is 0 Å². The van der Waals surface area contributed by atoms with Crippen molar-refractivity contribution in [1.82, 2.24) is 9.62 Å². The van der Waals surface area contributed by atoms with Crippen molar-refractivity contribution in [1.29, 1.82) is 0 Å². The molecule has 0 unspecified atom stereocenters. The molecule has 0 atom stereocenters. The van der Waals surface area contributed by atoms with Crippen LogP contribution in [0.3, 0.4) is 0 Å². The number of unbranched alkanes of at least 4 members (excludes halogenated alkanes) is 3. The lowest BCUT2D eigenvalue weighted by Crippen LogP contribution is -2.33. The lowest BCUT2D eigenvalue weighted by atomic mass is 10.1. The number of nitrogens with one attached hydrogen (secondary N) is 1. The van der Waals surface area contributed by atoms with Crippen molar-refractivity contribution in [2.45, 2.75) is 56.9 Å². The van der Waals surface area contributed by atoms with Crippen LogP contribution in [0.15, 0.2) is 29.2 Å². The van der Waals surface area contributed by atoms with E-state index in [0.29, 0.717) is 18.5 Å². The topological polar surface area (TPSA) is 104 Å². The summed E-state index contributed by atoms with van der Waals surface area (Å²) in [6.45, 7) is 4.09. The molecule has 0 aliphatic heterocycles. The molecule has 8 heteroatoms. The van der Waals surface area contributed by atoms with E-state index in [1.165, 1.54) is 35.6 Å². The molecule has 0 aliphatic carbocycles. The summed E-state index contributed by atoms with van der Waals surface area (Å²) in [5.41, 5.74) is 0.405. The van der Waals surface area contributed by atoms with Crippen LogP contribution >= 0.6 is 0 Å². The van der Waals surface area contributed by atoms with Crippen molar-refractivity contribution < 1.29 is 23.1 Å². The van der Waals surface area contributed by atoms with Gasteiger partial charge in [0.25, 0.3) is 5.91 Å². The number of amides is 1. The Labute approximate surface area is 155 Å². The SMILES string of the molecule is CC(C)N(C)S(=O)(=O)c1ccc(C(=O)NCCCCCCC(=O)O)cc1. The zero-order valence-electron chi connectivity index (χ0n) is 15.6. The molecule has 2 N–H and O–H groups in total. The van der Waals surface area contributed by atoms with Gasteiger partial charge in [-0.3, -0.25) is 9.59 Å². The highest BCUT2D eigenvalue weighted by Gasteiger charge is 2.23. The van der Waals surface area contributed by atoms with Crippen LogP contribution in [-0.4, -0.2) is 49.3 Å². The maximum Gasteiger partial charge on any atom is 0.303 e. The van der Waals surface area contributed by atoms with Crippen LogP contribution in [0.4, 0.5) is 0 Å². The Morgan fingerprint density at radius 3 is 2.19 bits per heavy atom. The van der Waals surface area contributed by atoms with E-state index in [-0.39, 0.29) is 23.3 Å². The largest absolute Gasteiger partial charge is 0.481 e. The molecule has 1 rings (SSSR count). The normalized spacial score (nSPS) is 11.7. The third kappa shape index (κ3) is 6.76. The second-order valence-corrected chi connectivity index (χ2v) is 8.45. The smallest absolute Gasteiger partial charge is 0.303 e. The van der Waals surface area contributed by atoms with Gasteiger partial charge in [-0.05, 0) is 51.0 Å². The van der Waals surface area contributed by atoms with Gasteiger partial charge in [0.05, 0.1) is 4.90 Å². The van der Waals surface area contributed by atoms with Gasteiger partial charge in [0.1, 0.15) is 0 Å². The fourth-order valence-electron chi connectivity index (χ4n) is 2.28. The standard InChI is InChI=1S/C18H28N2O5S/c1-14(2)20(3)26(24,25)16-11-9-15(10-12-16)18(23)19-13-7-5-4-6-8-17(21)22/h9-12,14H,4-8,13H2,1-3H3,(H,19,23)(H,21,22). The number of carbonyl (C=O) groups excluding carboxylic acids is 1. The molecule has 0 aliphatic rings. The van der Waals surface area contributed by atoms with Gasteiger partial charge in [0.2, 0.25) is 10.0 Å². The Morgan fingerprint density at radius 1 is 1.08 bits per heavy atom. The third-order valence-corrected chi connectivity index (χ3v) is 6.17. The Hall–Kier alpha value is -1.93. The summed E-state index contributed by atoms with van der Waals surface area (Å²) in [6, 6.07) is 5.73. The minimum atomic E-state index is -3.56. The van der Waals surface area contributed by atoms with Crippen LogP contribution in [0.25, 0.3) is 0 Å². The summed E-state index contributed by atoms with van der Waals surface area (Å²) in [4.78, 5) is 22.6. The second-order valence-electron chi connectivity index (χ2n) is 6.45. The molecule has 1 aromatic rings. The summed E-state index contributed by atoms with van der Waals surface area (Å²) in [7, 11) is -2.03. The molecule has 7 nitrogen and oxygen atoms in total. The van der Waals surface area contributed by atoms with Gasteiger partial charge in [0.15, 0.2) is 0 Å². The van der Waals surface area contributed by atoms with Crippen molar-refractivity contribution in [3.8, 4) is 0 Å². The van der Waals surface area contributed by atoms with Crippen molar-refractivity contribution in [3.63, 3.8) is 0 Å². The predicted octanol–water partition coefficient (Wildman–Crippen LogP) is 2.48. The number of carboxylic acids is 1. The Kier molecular flexibility index (Phi) is 8.74. The number of hydrogen-bond acceptors (Lipinski definition) is 4. The lowest BCUT2D eigenvalue weighted by Gasteiger charge is -2.21. The third-order valence-electron chi connectivity index (χ3n) is 4.12. The van der Waals surface area contributed by atoms with E-state index in [0.717, 1.165) is 19.3 Å².